The molecule has 2 rings (SSSR count). The summed E-state index contributed by atoms with van der Waals surface area (Å²) in [7, 11) is 1.23. The number of benzene rings is 1. The maximum absolute atomic E-state index is 12.0. The number of rotatable bonds is 4. The summed E-state index contributed by atoms with van der Waals surface area (Å²) < 4.78 is 10.8. The fourth-order valence-electron chi connectivity index (χ4n) is 1.69. The smallest absolute Gasteiger partial charge is 0.377 e. The molecule has 0 aliphatic heterocycles. The molecule has 0 saturated heterocycles. The zero-order valence-electron chi connectivity index (χ0n) is 11.6. The standard InChI is InChI=1S/C13H14N4O4/c1-3-21-12(18)9-6-8(14)4-5-10(9)17-7-15-11(16-17)13(19)20-2/h4-7H,3,14H2,1-2H3. The van der Waals surface area contributed by atoms with Crippen LogP contribution in [-0.2, 0) is 9.47 Å². The zero-order chi connectivity index (χ0) is 15.4. The largest absolute Gasteiger partial charge is 0.463 e. The predicted molar refractivity (Wildman–Crippen MR) is 73.1 cm³/mol. The third kappa shape index (κ3) is 2.99. The molecule has 0 fully saturated rings. The van der Waals surface area contributed by atoms with E-state index in [1.54, 1.807) is 19.1 Å². The number of carbonyl (C=O) groups excluding carboxylic acids is 2. The molecule has 1 aromatic carbocycles. The molecule has 8 heteroatoms. The lowest BCUT2D eigenvalue weighted by Gasteiger charge is -2.09. The number of ether oxygens (including phenoxy) is 2. The molecule has 1 aromatic heterocycles. The minimum atomic E-state index is -0.665. The second-order valence-electron chi connectivity index (χ2n) is 4.00. The van der Waals surface area contributed by atoms with Gasteiger partial charge in [0.25, 0.3) is 5.82 Å². The average molecular weight is 290 g/mol. The number of nitrogens with zero attached hydrogens (tertiary/aromatic N) is 3. The SMILES string of the molecule is CCOC(=O)c1cc(N)ccc1-n1cnc(C(=O)OC)n1. The van der Waals surface area contributed by atoms with E-state index < -0.39 is 11.9 Å². The van der Waals surface area contributed by atoms with Gasteiger partial charge < -0.3 is 15.2 Å². The Morgan fingerprint density at radius 3 is 2.76 bits per heavy atom. The first-order chi connectivity index (χ1) is 10.1. The number of aromatic nitrogens is 3. The van der Waals surface area contributed by atoms with Gasteiger partial charge in [0.15, 0.2) is 0 Å². The van der Waals surface area contributed by atoms with Gasteiger partial charge in [0, 0.05) is 5.69 Å². The normalized spacial score (nSPS) is 10.2. The average Bonchev–Trinajstić information content (AvgIpc) is 2.96. The lowest BCUT2D eigenvalue weighted by atomic mass is 10.1. The fraction of sp³-hybridized carbons (Fsp3) is 0.231. The summed E-state index contributed by atoms with van der Waals surface area (Å²) in [6, 6.07) is 4.68. The molecule has 0 bridgehead atoms. The molecule has 21 heavy (non-hydrogen) atoms. The van der Waals surface area contributed by atoms with Crippen molar-refractivity contribution in [2.75, 3.05) is 19.5 Å². The van der Waals surface area contributed by atoms with Crippen molar-refractivity contribution >= 4 is 17.6 Å². The Kier molecular flexibility index (Phi) is 4.17. The number of anilines is 1. The van der Waals surface area contributed by atoms with E-state index in [0.717, 1.165) is 0 Å². The Morgan fingerprint density at radius 1 is 1.33 bits per heavy atom. The third-order valence-corrected chi connectivity index (χ3v) is 2.62. The van der Waals surface area contributed by atoms with E-state index in [0.29, 0.717) is 11.4 Å². The van der Waals surface area contributed by atoms with E-state index in [2.05, 4.69) is 14.8 Å². The molecule has 0 atom stereocenters. The molecule has 8 nitrogen and oxygen atoms in total. The molecular weight excluding hydrogens is 276 g/mol. The van der Waals surface area contributed by atoms with Crippen LogP contribution in [0.1, 0.15) is 27.9 Å². The molecule has 0 aliphatic carbocycles. The van der Waals surface area contributed by atoms with Crippen molar-refractivity contribution in [3.8, 4) is 5.69 Å². The van der Waals surface area contributed by atoms with Crippen molar-refractivity contribution in [1.82, 2.24) is 14.8 Å². The number of nitrogen functional groups attached to an aromatic ring is 1. The third-order valence-electron chi connectivity index (χ3n) is 2.62. The number of hydrogen-bond donors (Lipinski definition) is 1. The summed E-state index contributed by atoms with van der Waals surface area (Å²) in [5, 5.41) is 3.97. The van der Waals surface area contributed by atoms with Crippen LogP contribution in [0.4, 0.5) is 5.69 Å². The van der Waals surface area contributed by atoms with E-state index in [9.17, 15) is 9.59 Å². The molecule has 0 unspecified atom stereocenters. The molecule has 110 valence electrons. The first-order valence-electron chi connectivity index (χ1n) is 6.13. The summed E-state index contributed by atoms with van der Waals surface area (Å²) in [5.74, 6) is -1.30. The minimum Gasteiger partial charge on any atom is -0.463 e. The van der Waals surface area contributed by atoms with Gasteiger partial charge in [-0.2, -0.15) is 0 Å². The monoisotopic (exact) mass is 290 g/mol. The molecule has 0 radical (unpaired) electrons. The maximum atomic E-state index is 12.0. The van der Waals surface area contributed by atoms with Crippen LogP contribution in [0.3, 0.4) is 0 Å². The summed E-state index contributed by atoms with van der Waals surface area (Å²) in [6.07, 6.45) is 1.31. The topological polar surface area (TPSA) is 109 Å². The second kappa shape index (κ2) is 6.04. The van der Waals surface area contributed by atoms with Gasteiger partial charge >= 0.3 is 11.9 Å². The Morgan fingerprint density at radius 2 is 2.10 bits per heavy atom. The van der Waals surface area contributed by atoms with Crippen LogP contribution < -0.4 is 5.73 Å². The van der Waals surface area contributed by atoms with E-state index in [-0.39, 0.29) is 18.0 Å². The van der Waals surface area contributed by atoms with Crippen LogP contribution >= 0.6 is 0 Å². The highest BCUT2D eigenvalue weighted by molar-refractivity contribution is 5.94. The van der Waals surface area contributed by atoms with Gasteiger partial charge in [0.1, 0.15) is 6.33 Å². The summed E-state index contributed by atoms with van der Waals surface area (Å²) in [6.45, 7) is 1.94. The number of esters is 2. The van der Waals surface area contributed by atoms with Crippen LogP contribution in [0.5, 0.6) is 0 Å². The van der Waals surface area contributed by atoms with Gasteiger partial charge in [-0.15, -0.1) is 5.10 Å². The van der Waals surface area contributed by atoms with Gasteiger partial charge in [-0.3, -0.25) is 0 Å². The number of nitrogens with two attached hydrogens (primary N) is 1. The van der Waals surface area contributed by atoms with E-state index >= 15 is 0 Å². The van der Waals surface area contributed by atoms with E-state index in [4.69, 9.17) is 10.5 Å². The number of carbonyl (C=O) groups is 2. The highest BCUT2D eigenvalue weighted by Gasteiger charge is 2.18. The Labute approximate surface area is 120 Å². The lowest BCUT2D eigenvalue weighted by Crippen LogP contribution is -2.11. The molecule has 0 aliphatic rings. The Hall–Kier alpha value is -2.90. The molecule has 1 heterocycles. The first-order valence-corrected chi connectivity index (χ1v) is 6.13. The van der Waals surface area contributed by atoms with Crippen molar-refractivity contribution in [3.63, 3.8) is 0 Å². The highest BCUT2D eigenvalue weighted by atomic mass is 16.5. The van der Waals surface area contributed by atoms with Gasteiger partial charge in [-0.1, -0.05) is 0 Å². The van der Waals surface area contributed by atoms with Crippen molar-refractivity contribution < 1.29 is 19.1 Å². The molecule has 0 spiro atoms. The van der Waals surface area contributed by atoms with Gasteiger partial charge in [0.2, 0.25) is 0 Å². The Balaban J connectivity index is 2.46. The molecule has 0 saturated carbocycles. The maximum Gasteiger partial charge on any atom is 0.377 e. The van der Waals surface area contributed by atoms with Crippen molar-refractivity contribution in [1.29, 1.82) is 0 Å². The first kappa shape index (κ1) is 14.5. The molecule has 2 N–H and O–H groups in total. The van der Waals surface area contributed by atoms with Gasteiger partial charge in [-0.25, -0.2) is 19.3 Å². The summed E-state index contributed by atoms with van der Waals surface area (Å²) >= 11 is 0. The van der Waals surface area contributed by atoms with Crippen LogP contribution in [0.25, 0.3) is 5.69 Å². The van der Waals surface area contributed by atoms with Crippen molar-refractivity contribution in [2.24, 2.45) is 0 Å². The lowest BCUT2D eigenvalue weighted by molar-refractivity contribution is 0.0525. The Bertz CT molecular complexity index is 681. The van der Waals surface area contributed by atoms with Gasteiger partial charge in [0.05, 0.1) is 25.0 Å². The predicted octanol–water partition coefficient (Wildman–Crippen LogP) is 0.813. The molecular formula is C13H14N4O4. The van der Waals surface area contributed by atoms with Crippen molar-refractivity contribution in [2.45, 2.75) is 6.92 Å². The number of hydrogen-bond acceptors (Lipinski definition) is 7. The van der Waals surface area contributed by atoms with Crippen LogP contribution in [0.15, 0.2) is 24.5 Å². The molecule has 2 aromatic rings. The molecule has 0 amide bonds. The second-order valence-corrected chi connectivity index (χ2v) is 4.00. The quantitative estimate of drug-likeness (QED) is 0.655. The van der Waals surface area contributed by atoms with E-state index in [1.165, 1.54) is 24.2 Å². The summed E-state index contributed by atoms with van der Waals surface area (Å²) in [5.41, 5.74) is 6.74. The van der Waals surface area contributed by atoms with Gasteiger partial charge in [-0.05, 0) is 25.1 Å². The fourth-order valence-corrected chi connectivity index (χ4v) is 1.69. The van der Waals surface area contributed by atoms with Crippen LogP contribution in [-0.4, -0.2) is 40.4 Å². The van der Waals surface area contributed by atoms with Crippen molar-refractivity contribution in [3.05, 3.63) is 35.9 Å². The van der Waals surface area contributed by atoms with Crippen LogP contribution in [0.2, 0.25) is 0 Å². The van der Waals surface area contributed by atoms with Crippen LogP contribution in [0, 0.1) is 0 Å². The highest BCUT2D eigenvalue weighted by Crippen LogP contribution is 2.18. The van der Waals surface area contributed by atoms with E-state index in [1.807, 2.05) is 0 Å². The zero-order valence-corrected chi connectivity index (χ0v) is 11.6. The minimum absolute atomic E-state index is 0.107. The summed E-state index contributed by atoms with van der Waals surface area (Å²) in [4.78, 5) is 27.1. The number of methoxy groups -OCH3 is 1.